The molecule has 0 aliphatic rings. The molecule has 0 saturated carbocycles. The zero-order valence-corrected chi connectivity index (χ0v) is 20.9. The molecule has 7 nitrogen and oxygen atoms in total. The summed E-state index contributed by atoms with van der Waals surface area (Å²) in [6.07, 6.45) is 0. The molecule has 1 amide bonds. The molecule has 0 aliphatic heterocycles. The van der Waals surface area contributed by atoms with E-state index in [2.05, 4.69) is 0 Å². The highest BCUT2D eigenvalue weighted by molar-refractivity contribution is 8.00. The second-order valence-corrected chi connectivity index (χ2v) is 9.21. The number of thioether (sulfide) groups is 1. The topological polar surface area (TPSA) is 73.7 Å². The minimum Gasteiger partial charge on any atom is -0.493 e. The lowest BCUT2D eigenvalue weighted by molar-refractivity contribution is -0.128. The molecule has 4 aromatic rings. The van der Waals surface area contributed by atoms with Gasteiger partial charge < -0.3 is 14.4 Å². The van der Waals surface area contributed by atoms with Gasteiger partial charge in [-0.15, -0.1) is 0 Å². The second kappa shape index (κ2) is 10.7. The van der Waals surface area contributed by atoms with Crippen molar-refractivity contribution in [1.82, 2.24) is 14.5 Å². The number of ether oxygens (including phenoxy) is 2. The predicted molar refractivity (Wildman–Crippen MR) is 138 cm³/mol. The second-order valence-electron chi connectivity index (χ2n) is 8.13. The molecular weight excluding hydrogens is 462 g/mol. The highest BCUT2D eigenvalue weighted by atomic mass is 32.2. The van der Waals surface area contributed by atoms with Crippen molar-refractivity contribution < 1.29 is 14.3 Å². The highest BCUT2D eigenvalue weighted by Crippen LogP contribution is 2.36. The number of rotatable bonds is 8. The molecule has 1 heterocycles. The number of methoxy groups -OCH3 is 2. The first kappa shape index (κ1) is 24.3. The van der Waals surface area contributed by atoms with Gasteiger partial charge in [0.2, 0.25) is 5.91 Å². The molecule has 180 valence electrons. The van der Waals surface area contributed by atoms with Crippen molar-refractivity contribution in [2.24, 2.45) is 0 Å². The maximum atomic E-state index is 13.6. The molecule has 0 spiro atoms. The number of para-hydroxylation sites is 1. The molecule has 8 heteroatoms. The Kier molecular flexibility index (Phi) is 7.41. The monoisotopic (exact) mass is 489 g/mol. The molecule has 3 aromatic carbocycles. The fourth-order valence-electron chi connectivity index (χ4n) is 3.77. The van der Waals surface area contributed by atoms with Crippen LogP contribution in [0.25, 0.3) is 10.9 Å². The molecule has 0 N–H and O–H groups in total. The molecule has 1 aromatic heterocycles. The van der Waals surface area contributed by atoms with Crippen LogP contribution in [0.1, 0.15) is 16.4 Å². The van der Waals surface area contributed by atoms with Gasteiger partial charge in [0, 0.05) is 14.1 Å². The predicted octanol–water partition coefficient (Wildman–Crippen LogP) is 4.38. The lowest BCUT2D eigenvalue weighted by atomic mass is 10.1. The standard InChI is InChI=1S/C27H27N3O4S/c1-29(2)26(32)24(19-10-6-5-7-11-19)35-27-28-21-13-9-8-12-20(21)25(31)30(27)17-18-14-15-22(33-3)23(16-18)34-4/h5-16,24H,17H2,1-4H3. The van der Waals surface area contributed by atoms with Gasteiger partial charge in [-0.3, -0.25) is 14.2 Å². The Bertz CT molecular complexity index is 1400. The van der Waals surface area contributed by atoms with Crippen molar-refractivity contribution in [3.8, 4) is 11.5 Å². The highest BCUT2D eigenvalue weighted by Gasteiger charge is 2.26. The molecule has 1 atom stereocenters. The van der Waals surface area contributed by atoms with E-state index in [0.29, 0.717) is 27.6 Å². The Hall–Kier alpha value is -3.78. The Balaban J connectivity index is 1.84. The number of hydrogen-bond donors (Lipinski definition) is 0. The zero-order valence-electron chi connectivity index (χ0n) is 20.1. The average Bonchev–Trinajstić information content (AvgIpc) is 2.89. The van der Waals surface area contributed by atoms with Crippen LogP contribution in [0, 0.1) is 0 Å². The van der Waals surface area contributed by atoms with Crippen LogP contribution in [0.3, 0.4) is 0 Å². The third-order valence-electron chi connectivity index (χ3n) is 5.61. The Labute approximate surface area is 208 Å². The van der Waals surface area contributed by atoms with E-state index in [0.717, 1.165) is 11.1 Å². The van der Waals surface area contributed by atoms with Gasteiger partial charge in [0.1, 0.15) is 5.25 Å². The first-order valence-electron chi connectivity index (χ1n) is 11.1. The molecular formula is C27H27N3O4S. The summed E-state index contributed by atoms with van der Waals surface area (Å²) in [6, 6.07) is 22.3. The summed E-state index contributed by atoms with van der Waals surface area (Å²) in [6.45, 7) is 0.261. The Morgan fingerprint density at radius 1 is 0.971 bits per heavy atom. The molecule has 0 saturated heterocycles. The first-order valence-corrected chi connectivity index (χ1v) is 11.9. The van der Waals surface area contributed by atoms with Crippen molar-refractivity contribution in [3.63, 3.8) is 0 Å². The lowest BCUT2D eigenvalue weighted by Crippen LogP contribution is -2.28. The molecule has 0 bridgehead atoms. The third-order valence-corrected chi connectivity index (χ3v) is 6.84. The van der Waals surface area contributed by atoms with Crippen LogP contribution in [0.2, 0.25) is 0 Å². The maximum Gasteiger partial charge on any atom is 0.262 e. The minimum absolute atomic E-state index is 0.0822. The SMILES string of the molecule is COc1ccc(Cn2c(SC(C(=O)N(C)C)c3ccccc3)nc3ccccc3c2=O)cc1OC. The van der Waals surface area contributed by atoms with E-state index in [1.807, 2.05) is 66.7 Å². The fourth-order valence-corrected chi connectivity index (χ4v) is 5.01. The molecule has 0 aliphatic carbocycles. The summed E-state index contributed by atoms with van der Waals surface area (Å²) in [5, 5.41) is 0.427. The fraction of sp³-hybridized carbons (Fsp3) is 0.222. The van der Waals surface area contributed by atoms with Gasteiger partial charge in [-0.05, 0) is 35.4 Å². The van der Waals surface area contributed by atoms with E-state index in [9.17, 15) is 9.59 Å². The summed E-state index contributed by atoms with van der Waals surface area (Å²) in [7, 11) is 6.60. The van der Waals surface area contributed by atoms with Crippen LogP contribution in [-0.2, 0) is 11.3 Å². The summed E-state index contributed by atoms with van der Waals surface area (Å²) in [4.78, 5) is 33.2. The number of benzene rings is 3. The van der Waals surface area contributed by atoms with Gasteiger partial charge in [-0.1, -0.05) is 60.3 Å². The van der Waals surface area contributed by atoms with Crippen molar-refractivity contribution in [1.29, 1.82) is 0 Å². The quantitative estimate of drug-likeness (QED) is 0.270. The van der Waals surface area contributed by atoms with Crippen LogP contribution in [0.15, 0.2) is 82.7 Å². The Morgan fingerprint density at radius 3 is 2.34 bits per heavy atom. The maximum absolute atomic E-state index is 13.6. The smallest absolute Gasteiger partial charge is 0.262 e. The van der Waals surface area contributed by atoms with Gasteiger partial charge in [0.25, 0.3) is 5.56 Å². The van der Waals surface area contributed by atoms with Crippen molar-refractivity contribution in [2.45, 2.75) is 17.0 Å². The van der Waals surface area contributed by atoms with E-state index in [4.69, 9.17) is 14.5 Å². The summed E-state index contributed by atoms with van der Waals surface area (Å²) in [5.74, 6) is 1.10. The van der Waals surface area contributed by atoms with Gasteiger partial charge in [-0.25, -0.2) is 4.98 Å². The van der Waals surface area contributed by atoms with Gasteiger partial charge in [0.15, 0.2) is 16.7 Å². The minimum atomic E-state index is -0.559. The van der Waals surface area contributed by atoms with Crippen LogP contribution >= 0.6 is 11.8 Å². The van der Waals surface area contributed by atoms with Crippen molar-refractivity contribution in [2.75, 3.05) is 28.3 Å². The van der Waals surface area contributed by atoms with Crippen LogP contribution < -0.4 is 15.0 Å². The number of hydrogen-bond acceptors (Lipinski definition) is 6. The average molecular weight is 490 g/mol. The van der Waals surface area contributed by atoms with Gasteiger partial charge >= 0.3 is 0 Å². The van der Waals surface area contributed by atoms with Crippen molar-refractivity contribution >= 4 is 28.6 Å². The normalized spacial score (nSPS) is 11.8. The Morgan fingerprint density at radius 2 is 1.66 bits per heavy atom. The number of nitrogens with zero attached hydrogens (tertiary/aromatic N) is 3. The number of likely N-dealkylation sites (N-methyl/N-ethyl adjacent to an activating group) is 1. The summed E-state index contributed by atoms with van der Waals surface area (Å²) >= 11 is 1.28. The molecule has 0 fully saturated rings. The number of aromatic nitrogens is 2. The van der Waals surface area contributed by atoms with E-state index in [-0.39, 0.29) is 18.0 Å². The van der Waals surface area contributed by atoms with Gasteiger partial charge in [-0.2, -0.15) is 0 Å². The van der Waals surface area contributed by atoms with Gasteiger partial charge in [0.05, 0.1) is 31.7 Å². The third kappa shape index (κ3) is 5.17. The summed E-state index contributed by atoms with van der Waals surface area (Å²) < 4.78 is 12.4. The van der Waals surface area contributed by atoms with Crippen LogP contribution in [0.4, 0.5) is 0 Å². The number of carbonyl (C=O) groups is 1. The molecule has 0 radical (unpaired) electrons. The van der Waals surface area contributed by atoms with Crippen LogP contribution in [-0.4, -0.2) is 48.7 Å². The molecule has 4 rings (SSSR count). The first-order chi connectivity index (χ1) is 16.9. The summed E-state index contributed by atoms with van der Waals surface area (Å²) in [5.41, 5.74) is 2.11. The number of carbonyl (C=O) groups excluding carboxylic acids is 1. The number of amides is 1. The van der Waals surface area contributed by atoms with Crippen molar-refractivity contribution in [3.05, 3.63) is 94.3 Å². The van der Waals surface area contributed by atoms with Crippen LogP contribution in [0.5, 0.6) is 11.5 Å². The zero-order chi connectivity index (χ0) is 24.9. The number of fused-ring (bicyclic) bond motifs is 1. The van der Waals surface area contributed by atoms with E-state index in [1.54, 1.807) is 43.8 Å². The molecule has 35 heavy (non-hydrogen) atoms. The van der Waals surface area contributed by atoms with E-state index >= 15 is 0 Å². The lowest BCUT2D eigenvalue weighted by Gasteiger charge is -2.22. The van der Waals surface area contributed by atoms with E-state index in [1.165, 1.54) is 11.8 Å². The molecule has 1 unspecified atom stereocenters. The largest absolute Gasteiger partial charge is 0.493 e. The van der Waals surface area contributed by atoms with E-state index < -0.39 is 5.25 Å².